The second-order valence-corrected chi connectivity index (χ2v) is 6.87. The Hall–Kier alpha value is -1.95. The summed E-state index contributed by atoms with van der Waals surface area (Å²) in [4.78, 5) is 10.3. The Morgan fingerprint density at radius 1 is 1.25 bits per heavy atom. The lowest BCUT2D eigenvalue weighted by Crippen LogP contribution is -2.43. The van der Waals surface area contributed by atoms with Crippen LogP contribution in [0.15, 0.2) is 48.5 Å². The van der Waals surface area contributed by atoms with Gasteiger partial charge < -0.3 is 10.4 Å². The number of nitro benzene ring substituents is 1. The first kappa shape index (κ1) is 18.4. The van der Waals surface area contributed by atoms with Crippen molar-refractivity contribution in [2.45, 2.75) is 31.9 Å². The van der Waals surface area contributed by atoms with Crippen molar-refractivity contribution in [3.8, 4) is 0 Å². The molecule has 0 aliphatic heterocycles. The van der Waals surface area contributed by atoms with Crippen LogP contribution < -0.4 is 5.32 Å². The fourth-order valence-electron chi connectivity index (χ4n) is 2.51. The molecule has 0 saturated heterocycles. The Morgan fingerprint density at radius 3 is 2.50 bits per heavy atom. The van der Waals surface area contributed by atoms with Crippen molar-refractivity contribution in [1.82, 2.24) is 5.32 Å². The maximum Gasteiger partial charge on any atom is 0.269 e. The zero-order valence-electron chi connectivity index (χ0n) is 13.7. The second-order valence-electron chi connectivity index (χ2n) is 6.44. The maximum atomic E-state index is 10.7. The Morgan fingerprint density at radius 2 is 1.92 bits per heavy atom. The number of nitrogens with one attached hydrogen (secondary N) is 1. The third-order valence-corrected chi connectivity index (χ3v) is 4.04. The Kier molecular flexibility index (Phi) is 5.94. The van der Waals surface area contributed by atoms with Gasteiger partial charge in [0.1, 0.15) is 0 Å². The highest BCUT2D eigenvalue weighted by atomic mass is 35.5. The molecule has 0 aromatic heterocycles. The molecule has 0 spiro atoms. The first-order valence-electron chi connectivity index (χ1n) is 7.69. The minimum absolute atomic E-state index is 0.0842. The number of β-amino-alcohol motifs (C(OH)–C–C–N with tert-alkyl or cyclic N) is 1. The number of hydrogen-bond acceptors (Lipinski definition) is 4. The smallest absolute Gasteiger partial charge is 0.269 e. The first-order valence-corrected chi connectivity index (χ1v) is 8.06. The summed E-state index contributed by atoms with van der Waals surface area (Å²) < 4.78 is 0. The van der Waals surface area contributed by atoms with Crippen molar-refractivity contribution < 1.29 is 10.0 Å². The van der Waals surface area contributed by atoms with Gasteiger partial charge in [-0.15, -0.1) is 0 Å². The summed E-state index contributed by atoms with van der Waals surface area (Å²) in [5, 5.41) is 24.9. The van der Waals surface area contributed by atoms with Gasteiger partial charge in [0, 0.05) is 29.2 Å². The molecule has 1 atom stereocenters. The van der Waals surface area contributed by atoms with Gasteiger partial charge in [-0.25, -0.2) is 0 Å². The third kappa shape index (κ3) is 5.30. The molecule has 0 aliphatic carbocycles. The highest BCUT2D eigenvalue weighted by molar-refractivity contribution is 6.30. The van der Waals surface area contributed by atoms with Crippen LogP contribution in [0.3, 0.4) is 0 Å². The summed E-state index contributed by atoms with van der Waals surface area (Å²) in [5.41, 5.74) is 1.58. The standard InChI is InChI=1S/C18H21ClN2O3/c1-18(2,11-13-6-8-16(9-7-13)21(23)24)20-12-17(22)14-4-3-5-15(19)10-14/h3-10,17,20,22H,11-12H2,1-2H3. The molecule has 24 heavy (non-hydrogen) atoms. The van der Waals surface area contributed by atoms with Crippen LogP contribution in [0, 0.1) is 10.1 Å². The van der Waals surface area contributed by atoms with Crippen molar-refractivity contribution >= 4 is 17.3 Å². The summed E-state index contributed by atoms with van der Waals surface area (Å²) in [7, 11) is 0. The van der Waals surface area contributed by atoms with E-state index in [-0.39, 0.29) is 11.2 Å². The summed E-state index contributed by atoms with van der Waals surface area (Å²) in [6.45, 7) is 4.44. The Bertz CT molecular complexity index is 702. The number of aliphatic hydroxyl groups excluding tert-OH is 1. The van der Waals surface area contributed by atoms with Crippen LogP contribution in [-0.2, 0) is 6.42 Å². The zero-order chi connectivity index (χ0) is 17.7. The Balaban J connectivity index is 1.94. The van der Waals surface area contributed by atoms with Gasteiger partial charge in [0.2, 0.25) is 0 Å². The van der Waals surface area contributed by atoms with Gasteiger partial charge in [0.15, 0.2) is 0 Å². The number of aliphatic hydroxyl groups is 1. The number of non-ortho nitro benzene ring substituents is 1. The van der Waals surface area contributed by atoms with Crippen molar-refractivity contribution in [3.05, 3.63) is 74.8 Å². The van der Waals surface area contributed by atoms with E-state index in [1.807, 2.05) is 26.0 Å². The molecule has 128 valence electrons. The predicted octanol–water partition coefficient (Wildman–Crippen LogP) is 3.89. The van der Waals surface area contributed by atoms with Crippen molar-refractivity contribution in [2.75, 3.05) is 6.54 Å². The quantitative estimate of drug-likeness (QED) is 0.588. The zero-order valence-corrected chi connectivity index (χ0v) is 14.5. The average molecular weight is 349 g/mol. The van der Waals surface area contributed by atoms with Gasteiger partial charge in [-0.3, -0.25) is 10.1 Å². The molecule has 1 unspecified atom stereocenters. The number of nitro groups is 1. The van der Waals surface area contributed by atoms with Crippen LogP contribution in [0.1, 0.15) is 31.1 Å². The van der Waals surface area contributed by atoms with E-state index >= 15 is 0 Å². The lowest BCUT2D eigenvalue weighted by Gasteiger charge is -2.28. The summed E-state index contributed by atoms with van der Waals surface area (Å²) in [6.07, 6.45) is 0.0348. The normalized spacial score (nSPS) is 12.8. The van der Waals surface area contributed by atoms with Gasteiger partial charge in [-0.2, -0.15) is 0 Å². The van der Waals surface area contributed by atoms with E-state index in [4.69, 9.17) is 11.6 Å². The highest BCUT2D eigenvalue weighted by Crippen LogP contribution is 2.20. The SMILES string of the molecule is CC(C)(Cc1ccc([N+](=O)[O-])cc1)NCC(O)c1cccc(Cl)c1. The number of rotatable bonds is 7. The van der Waals surface area contributed by atoms with E-state index in [1.54, 1.807) is 24.3 Å². The van der Waals surface area contributed by atoms with E-state index in [0.717, 1.165) is 11.1 Å². The van der Waals surface area contributed by atoms with Gasteiger partial charge >= 0.3 is 0 Å². The number of benzene rings is 2. The minimum atomic E-state index is -0.653. The van der Waals surface area contributed by atoms with Gasteiger partial charge in [0.05, 0.1) is 11.0 Å². The Labute approximate surface area is 146 Å². The number of hydrogen-bond donors (Lipinski definition) is 2. The molecule has 2 rings (SSSR count). The van der Waals surface area contributed by atoms with Crippen molar-refractivity contribution in [1.29, 1.82) is 0 Å². The molecule has 5 nitrogen and oxygen atoms in total. The maximum absolute atomic E-state index is 10.7. The van der Waals surface area contributed by atoms with E-state index in [9.17, 15) is 15.2 Å². The van der Waals surface area contributed by atoms with Crippen molar-refractivity contribution in [2.24, 2.45) is 0 Å². The topological polar surface area (TPSA) is 75.4 Å². The molecular formula is C18H21ClN2O3. The van der Waals surface area contributed by atoms with Crippen LogP contribution >= 0.6 is 11.6 Å². The summed E-state index contributed by atoms with van der Waals surface area (Å²) in [5.74, 6) is 0. The van der Waals surface area contributed by atoms with E-state index < -0.39 is 11.0 Å². The molecule has 0 radical (unpaired) electrons. The second kappa shape index (κ2) is 7.75. The molecule has 0 bridgehead atoms. The fraction of sp³-hybridized carbons (Fsp3) is 0.333. The summed E-state index contributed by atoms with van der Waals surface area (Å²) in [6, 6.07) is 13.7. The largest absolute Gasteiger partial charge is 0.387 e. The van der Waals surface area contributed by atoms with Crippen LogP contribution in [0.4, 0.5) is 5.69 Å². The van der Waals surface area contributed by atoms with Crippen LogP contribution in [-0.4, -0.2) is 22.1 Å². The lowest BCUT2D eigenvalue weighted by atomic mass is 9.94. The molecule has 0 aliphatic rings. The molecule has 2 aromatic carbocycles. The highest BCUT2D eigenvalue weighted by Gasteiger charge is 2.20. The fourth-order valence-corrected chi connectivity index (χ4v) is 2.71. The molecule has 2 aromatic rings. The third-order valence-electron chi connectivity index (χ3n) is 3.80. The molecule has 0 saturated carbocycles. The van der Waals surface area contributed by atoms with Crippen LogP contribution in [0.5, 0.6) is 0 Å². The van der Waals surface area contributed by atoms with E-state index in [2.05, 4.69) is 5.32 Å². The van der Waals surface area contributed by atoms with E-state index in [1.165, 1.54) is 12.1 Å². The average Bonchev–Trinajstić information content (AvgIpc) is 2.53. The number of halogens is 1. The van der Waals surface area contributed by atoms with Gasteiger partial charge in [0.25, 0.3) is 5.69 Å². The molecule has 2 N–H and O–H groups in total. The first-order chi connectivity index (χ1) is 11.3. The molecular weight excluding hydrogens is 328 g/mol. The molecule has 0 amide bonds. The molecule has 0 fully saturated rings. The number of nitrogens with zero attached hydrogens (tertiary/aromatic N) is 1. The lowest BCUT2D eigenvalue weighted by molar-refractivity contribution is -0.384. The summed E-state index contributed by atoms with van der Waals surface area (Å²) >= 11 is 5.94. The molecule has 6 heteroatoms. The van der Waals surface area contributed by atoms with E-state index in [0.29, 0.717) is 18.0 Å². The van der Waals surface area contributed by atoms with Crippen LogP contribution in [0.25, 0.3) is 0 Å². The molecule has 0 heterocycles. The van der Waals surface area contributed by atoms with Crippen LogP contribution in [0.2, 0.25) is 5.02 Å². The predicted molar refractivity (Wildman–Crippen MR) is 95.3 cm³/mol. The monoisotopic (exact) mass is 348 g/mol. The van der Waals surface area contributed by atoms with Gasteiger partial charge in [-0.05, 0) is 43.5 Å². The van der Waals surface area contributed by atoms with Crippen molar-refractivity contribution in [3.63, 3.8) is 0 Å². The minimum Gasteiger partial charge on any atom is -0.387 e. The van der Waals surface area contributed by atoms with Gasteiger partial charge in [-0.1, -0.05) is 35.9 Å².